The molecule has 0 nitrogen and oxygen atoms in total. The third kappa shape index (κ3) is 2.80. The molecule has 0 saturated carbocycles. The SMILES string of the molecule is Fc1cc(F)c2c(F)c(F)c(F)c(F)c2c1F.[F-].[F-].[Mg+2]. The van der Waals surface area contributed by atoms with Crippen LogP contribution < -0.4 is 9.41 Å². The first-order valence-electron chi connectivity index (χ1n) is 4.15. The van der Waals surface area contributed by atoms with E-state index in [0.717, 1.165) is 0 Å². The standard InChI is InChI=1S/C10HF7.2FH.Mg/c11-2-1-3(12)6(13)5-4(2)7(14)9(16)10(17)8(5)15;;;/h1H;2*1H;/q;;;+2/p-2. The number of hydrogen-bond donors (Lipinski definition) is 0. The summed E-state index contributed by atoms with van der Waals surface area (Å²) in [4.78, 5) is 0. The van der Waals surface area contributed by atoms with Crippen LogP contribution in [0.2, 0.25) is 0 Å². The predicted molar refractivity (Wildman–Crippen MR) is 49.4 cm³/mol. The maximum absolute atomic E-state index is 13.1. The number of rotatable bonds is 0. The summed E-state index contributed by atoms with van der Waals surface area (Å²) in [6.07, 6.45) is 0. The number of fused-ring (bicyclic) bond motifs is 1. The molecular weight excluding hydrogens is 315 g/mol. The number of benzene rings is 2. The Hall–Kier alpha value is -1.16. The van der Waals surface area contributed by atoms with E-state index in [2.05, 4.69) is 0 Å². The van der Waals surface area contributed by atoms with Gasteiger partial charge in [-0.15, -0.1) is 0 Å². The van der Waals surface area contributed by atoms with Gasteiger partial charge < -0.3 is 9.41 Å². The second-order valence-electron chi connectivity index (χ2n) is 3.16. The molecule has 2 rings (SSSR count). The van der Waals surface area contributed by atoms with E-state index >= 15 is 0 Å². The molecule has 20 heavy (non-hydrogen) atoms. The van der Waals surface area contributed by atoms with Crippen molar-refractivity contribution in [1.29, 1.82) is 0 Å². The third-order valence-electron chi connectivity index (χ3n) is 2.19. The van der Waals surface area contributed by atoms with E-state index in [1.807, 2.05) is 0 Å². The van der Waals surface area contributed by atoms with E-state index in [9.17, 15) is 30.7 Å². The quantitative estimate of drug-likeness (QED) is 0.217. The van der Waals surface area contributed by atoms with Crippen LogP contribution in [0.5, 0.6) is 0 Å². The van der Waals surface area contributed by atoms with Crippen molar-refractivity contribution in [2.45, 2.75) is 0 Å². The van der Waals surface area contributed by atoms with Gasteiger partial charge in [0.15, 0.2) is 34.9 Å². The normalized spacial score (nSPS) is 9.55. The summed E-state index contributed by atoms with van der Waals surface area (Å²) in [5, 5.41) is -3.07. The Morgan fingerprint density at radius 2 is 0.900 bits per heavy atom. The Morgan fingerprint density at radius 3 is 1.35 bits per heavy atom. The van der Waals surface area contributed by atoms with Crippen molar-refractivity contribution in [3.8, 4) is 0 Å². The van der Waals surface area contributed by atoms with E-state index in [1.165, 1.54) is 0 Å². The van der Waals surface area contributed by atoms with Gasteiger partial charge in [0.05, 0.1) is 10.8 Å². The summed E-state index contributed by atoms with van der Waals surface area (Å²) in [6, 6.07) is -0.0858. The smallest absolute Gasteiger partial charge is 1.00 e. The van der Waals surface area contributed by atoms with Crippen molar-refractivity contribution in [1.82, 2.24) is 0 Å². The molecule has 0 aromatic heterocycles. The minimum atomic E-state index is -2.33. The van der Waals surface area contributed by atoms with Gasteiger partial charge in [-0.2, -0.15) is 0 Å². The van der Waals surface area contributed by atoms with Gasteiger partial charge in [-0.3, -0.25) is 0 Å². The molecule has 0 aliphatic heterocycles. The Kier molecular flexibility index (Phi) is 7.42. The van der Waals surface area contributed by atoms with Gasteiger partial charge in [0.25, 0.3) is 0 Å². The van der Waals surface area contributed by atoms with Crippen molar-refractivity contribution in [3.63, 3.8) is 0 Å². The Morgan fingerprint density at radius 1 is 0.500 bits per heavy atom. The number of hydrogen-bond acceptors (Lipinski definition) is 0. The van der Waals surface area contributed by atoms with Crippen LogP contribution in [0.4, 0.5) is 30.7 Å². The molecule has 0 heterocycles. The maximum Gasteiger partial charge on any atom is 2.00 e. The minimum Gasteiger partial charge on any atom is -1.00 e. The first kappa shape index (κ1) is 21.1. The van der Waals surface area contributed by atoms with Crippen molar-refractivity contribution < 1.29 is 40.1 Å². The minimum absolute atomic E-state index is 0. The molecule has 0 fully saturated rings. The average Bonchev–Trinajstić information content (AvgIpc) is 2.28. The van der Waals surface area contributed by atoms with Gasteiger partial charge in [-0.1, -0.05) is 0 Å². The molecule has 0 atom stereocenters. The van der Waals surface area contributed by atoms with Crippen LogP contribution in [0, 0.1) is 40.7 Å². The van der Waals surface area contributed by atoms with Gasteiger partial charge in [-0.05, 0) is 0 Å². The van der Waals surface area contributed by atoms with Crippen LogP contribution in [0.15, 0.2) is 6.07 Å². The van der Waals surface area contributed by atoms with E-state index in [4.69, 9.17) is 0 Å². The summed E-state index contributed by atoms with van der Waals surface area (Å²) in [7, 11) is 0. The first-order valence-corrected chi connectivity index (χ1v) is 4.15. The van der Waals surface area contributed by atoms with Gasteiger partial charge in [-0.25, -0.2) is 30.7 Å². The van der Waals surface area contributed by atoms with Gasteiger partial charge in [0.2, 0.25) is 0 Å². The fraction of sp³-hybridized carbons (Fsp3) is 0. The predicted octanol–water partition coefficient (Wildman–Crippen LogP) is -2.56. The monoisotopic (exact) mass is 316 g/mol. The molecule has 0 amide bonds. The topological polar surface area (TPSA) is 0 Å². The van der Waals surface area contributed by atoms with Crippen molar-refractivity contribution in [3.05, 3.63) is 46.8 Å². The molecule has 0 spiro atoms. The van der Waals surface area contributed by atoms with Crippen LogP contribution in [0.3, 0.4) is 0 Å². The molecule has 0 saturated heterocycles. The van der Waals surface area contributed by atoms with Crippen LogP contribution in [-0.2, 0) is 0 Å². The zero-order valence-electron chi connectivity index (χ0n) is 9.19. The van der Waals surface area contributed by atoms with Crippen LogP contribution in [0.25, 0.3) is 10.8 Å². The second-order valence-corrected chi connectivity index (χ2v) is 3.16. The maximum atomic E-state index is 13.1. The molecule has 0 bridgehead atoms. The molecule has 0 aliphatic rings. The summed E-state index contributed by atoms with van der Waals surface area (Å²) in [6.45, 7) is 0. The zero-order valence-corrected chi connectivity index (χ0v) is 10.6. The van der Waals surface area contributed by atoms with Crippen LogP contribution in [0.1, 0.15) is 0 Å². The molecule has 10 heteroatoms. The summed E-state index contributed by atoms with van der Waals surface area (Å²) >= 11 is 0. The van der Waals surface area contributed by atoms with E-state index in [0.29, 0.717) is 0 Å². The summed E-state index contributed by atoms with van der Waals surface area (Å²) < 4.78 is 90.6. The van der Waals surface area contributed by atoms with Gasteiger partial charge in [0.1, 0.15) is 5.82 Å². The molecule has 2 aromatic rings. The summed E-state index contributed by atoms with van der Waals surface area (Å²) in [5.74, 6) is -14.5. The van der Waals surface area contributed by atoms with Gasteiger partial charge >= 0.3 is 23.1 Å². The molecule has 2 aromatic carbocycles. The third-order valence-corrected chi connectivity index (χ3v) is 2.19. The van der Waals surface area contributed by atoms with Crippen LogP contribution >= 0.6 is 0 Å². The molecule has 0 N–H and O–H groups in total. The largest absolute Gasteiger partial charge is 2.00 e. The van der Waals surface area contributed by atoms with E-state index in [1.54, 1.807) is 0 Å². The molecule has 0 aliphatic carbocycles. The fourth-order valence-corrected chi connectivity index (χ4v) is 1.43. The van der Waals surface area contributed by atoms with Crippen molar-refractivity contribution in [2.24, 2.45) is 0 Å². The average molecular weight is 316 g/mol. The van der Waals surface area contributed by atoms with E-state index < -0.39 is 51.5 Å². The molecular formula is C10HF9Mg. The number of halogens is 9. The van der Waals surface area contributed by atoms with Crippen molar-refractivity contribution in [2.75, 3.05) is 0 Å². The molecule has 0 radical (unpaired) electrons. The Labute approximate surface area is 121 Å². The van der Waals surface area contributed by atoms with Crippen molar-refractivity contribution >= 4 is 33.8 Å². The van der Waals surface area contributed by atoms with Crippen LogP contribution in [-0.4, -0.2) is 23.1 Å². The second kappa shape index (κ2) is 7.02. The Bertz CT molecular complexity index is 641. The molecule has 0 unspecified atom stereocenters. The zero-order chi connectivity index (χ0) is 12.9. The van der Waals surface area contributed by atoms with Gasteiger partial charge in [0, 0.05) is 6.07 Å². The first-order chi connectivity index (χ1) is 7.86. The molecule has 106 valence electrons. The summed E-state index contributed by atoms with van der Waals surface area (Å²) in [5.41, 5.74) is 0. The fourth-order valence-electron chi connectivity index (χ4n) is 1.43. The Balaban J connectivity index is 0. The van der Waals surface area contributed by atoms with E-state index in [-0.39, 0.29) is 38.5 Å².